The van der Waals surface area contributed by atoms with Crippen LogP contribution >= 0.6 is 0 Å². The Hall–Kier alpha value is -2.96. The number of nitrogens with one attached hydrogen (secondary N) is 2. The number of benzene rings is 1. The van der Waals surface area contributed by atoms with E-state index in [4.69, 9.17) is 0 Å². The fourth-order valence-corrected chi connectivity index (χ4v) is 3.25. The number of aromatic nitrogens is 2. The van der Waals surface area contributed by atoms with Crippen molar-refractivity contribution in [2.45, 2.75) is 6.92 Å². The van der Waals surface area contributed by atoms with E-state index in [0.29, 0.717) is 22.2 Å². The Morgan fingerprint density at radius 3 is 2.62 bits per heavy atom. The lowest BCUT2D eigenvalue weighted by Crippen LogP contribution is -2.12. The first kappa shape index (κ1) is 17.8. The summed E-state index contributed by atoms with van der Waals surface area (Å²) in [5.74, 6) is -1.79. The van der Waals surface area contributed by atoms with Gasteiger partial charge < -0.3 is 15.2 Å². The van der Waals surface area contributed by atoms with Crippen LogP contribution in [0.3, 0.4) is 0 Å². The molecular formula is C19H21F2N5. The number of aromatic amines is 1. The molecule has 1 aromatic carbocycles. The molecule has 0 aliphatic heterocycles. The second-order valence-corrected chi connectivity index (χ2v) is 6.11. The van der Waals surface area contributed by atoms with Gasteiger partial charge in [0.15, 0.2) is 11.6 Å². The smallest absolute Gasteiger partial charge is 0.169 e. The van der Waals surface area contributed by atoms with Crippen LogP contribution in [0, 0.1) is 11.6 Å². The summed E-state index contributed by atoms with van der Waals surface area (Å²) in [6.07, 6.45) is 5.35. The molecule has 3 aromatic rings. The Morgan fingerprint density at radius 1 is 1.31 bits per heavy atom. The number of H-pyrrole nitrogens is 1. The molecule has 0 saturated carbocycles. The third kappa shape index (κ3) is 2.60. The van der Waals surface area contributed by atoms with Gasteiger partial charge in [0.05, 0.1) is 27.7 Å². The maximum atomic E-state index is 14.8. The predicted octanol–water partition coefficient (Wildman–Crippen LogP) is 4.21. The van der Waals surface area contributed by atoms with Gasteiger partial charge in [-0.3, -0.25) is 4.99 Å². The second-order valence-electron chi connectivity index (χ2n) is 6.11. The van der Waals surface area contributed by atoms with Crippen molar-refractivity contribution in [2.24, 2.45) is 4.99 Å². The van der Waals surface area contributed by atoms with Crippen molar-refractivity contribution in [3.63, 3.8) is 0 Å². The van der Waals surface area contributed by atoms with Crippen LogP contribution in [0.25, 0.3) is 27.5 Å². The Labute approximate surface area is 150 Å². The maximum Gasteiger partial charge on any atom is 0.169 e. The zero-order valence-corrected chi connectivity index (χ0v) is 15.4. The number of allylic oxidation sites excluding steroid dienone is 2. The lowest BCUT2D eigenvalue weighted by atomic mass is 10.0. The average molecular weight is 357 g/mol. The van der Waals surface area contributed by atoms with Gasteiger partial charge in [-0.1, -0.05) is 6.08 Å². The van der Waals surface area contributed by atoms with E-state index in [0.717, 1.165) is 22.9 Å². The largest absolute Gasteiger partial charge is 0.386 e. The second kappa shape index (κ2) is 6.74. The molecule has 0 bridgehead atoms. The van der Waals surface area contributed by atoms with Crippen LogP contribution in [0.15, 0.2) is 23.3 Å². The van der Waals surface area contributed by atoms with Crippen LogP contribution in [0.5, 0.6) is 0 Å². The van der Waals surface area contributed by atoms with Gasteiger partial charge in [-0.25, -0.2) is 13.8 Å². The molecule has 5 nitrogen and oxygen atoms in total. The quantitative estimate of drug-likeness (QED) is 0.688. The number of nitrogens with zero attached hydrogens (tertiary/aromatic N) is 3. The molecule has 7 heteroatoms. The standard InChI is InChI=1S/C19H21F2N5/c1-6-10(8-22-2)11-9-24-19-15(18(11)26(4)5)14-16(21)12(20)7-13(23-3)17(14)25-19/h6-9,23H,1-5H3,(H,24,25)/b10-6+,22-8-. The lowest BCUT2D eigenvalue weighted by molar-refractivity contribution is 0.518. The summed E-state index contributed by atoms with van der Waals surface area (Å²) >= 11 is 0. The van der Waals surface area contributed by atoms with Crippen molar-refractivity contribution in [3.05, 3.63) is 35.5 Å². The van der Waals surface area contributed by atoms with Crippen molar-refractivity contribution in [3.8, 4) is 0 Å². The molecule has 0 radical (unpaired) electrons. The highest BCUT2D eigenvalue weighted by atomic mass is 19.2. The zero-order chi connectivity index (χ0) is 19.0. The molecule has 2 heterocycles. The lowest BCUT2D eigenvalue weighted by Gasteiger charge is -2.19. The summed E-state index contributed by atoms with van der Waals surface area (Å²) in [7, 11) is 7.08. The molecule has 0 atom stereocenters. The van der Waals surface area contributed by atoms with Crippen LogP contribution in [-0.4, -0.2) is 44.4 Å². The summed E-state index contributed by atoms with van der Waals surface area (Å²) in [6, 6.07) is 1.14. The van der Waals surface area contributed by atoms with E-state index in [2.05, 4.69) is 20.3 Å². The van der Waals surface area contributed by atoms with Gasteiger partial charge in [0, 0.05) is 52.2 Å². The van der Waals surface area contributed by atoms with Gasteiger partial charge in [0.2, 0.25) is 0 Å². The van der Waals surface area contributed by atoms with Crippen molar-refractivity contribution < 1.29 is 8.78 Å². The first-order valence-corrected chi connectivity index (χ1v) is 8.20. The minimum Gasteiger partial charge on any atom is -0.386 e. The van der Waals surface area contributed by atoms with Crippen molar-refractivity contribution in [1.82, 2.24) is 9.97 Å². The summed E-state index contributed by atoms with van der Waals surface area (Å²) in [5.41, 5.74) is 3.86. The van der Waals surface area contributed by atoms with Crippen LogP contribution in [0.4, 0.5) is 20.2 Å². The van der Waals surface area contributed by atoms with E-state index < -0.39 is 11.6 Å². The first-order chi connectivity index (χ1) is 12.4. The molecule has 0 aliphatic rings. The molecule has 0 spiro atoms. The molecule has 136 valence electrons. The highest BCUT2D eigenvalue weighted by Crippen LogP contribution is 2.40. The van der Waals surface area contributed by atoms with Gasteiger partial charge in [-0.05, 0) is 12.5 Å². The molecule has 0 aliphatic carbocycles. The van der Waals surface area contributed by atoms with Crippen LogP contribution < -0.4 is 10.2 Å². The van der Waals surface area contributed by atoms with E-state index >= 15 is 0 Å². The van der Waals surface area contributed by atoms with E-state index in [1.807, 2.05) is 32.0 Å². The van der Waals surface area contributed by atoms with Gasteiger partial charge in [0.1, 0.15) is 5.65 Å². The number of fused-ring (bicyclic) bond motifs is 3. The normalized spacial score (nSPS) is 12.5. The van der Waals surface area contributed by atoms with E-state index in [-0.39, 0.29) is 5.39 Å². The van der Waals surface area contributed by atoms with E-state index in [1.165, 1.54) is 0 Å². The summed E-state index contributed by atoms with van der Waals surface area (Å²) < 4.78 is 29.0. The maximum absolute atomic E-state index is 14.8. The third-order valence-electron chi connectivity index (χ3n) is 4.37. The summed E-state index contributed by atoms with van der Waals surface area (Å²) in [5, 5.41) is 3.63. The van der Waals surface area contributed by atoms with Gasteiger partial charge in [0.25, 0.3) is 0 Å². The molecule has 26 heavy (non-hydrogen) atoms. The SMILES string of the molecule is C/C=C(\C=N/C)c1cnc2[nH]c3c(NC)cc(F)c(F)c3c2c1N(C)C. The number of hydrogen-bond acceptors (Lipinski definition) is 4. The number of aliphatic imine (C=N–C) groups is 1. The van der Waals surface area contributed by atoms with Crippen LogP contribution in [-0.2, 0) is 0 Å². The van der Waals surface area contributed by atoms with Crippen LogP contribution in [0.1, 0.15) is 12.5 Å². The molecule has 2 N–H and O–H groups in total. The Balaban J connectivity index is 2.55. The highest BCUT2D eigenvalue weighted by Gasteiger charge is 2.23. The van der Waals surface area contributed by atoms with E-state index in [1.54, 1.807) is 26.5 Å². The molecule has 0 saturated heterocycles. The Bertz CT molecular complexity index is 1050. The number of anilines is 2. The topological polar surface area (TPSA) is 56.3 Å². The number of pyridine rings is 1. The number of hydrogen-bond donors (Lipinski definition) is 2. The van der Waals surface area contributed by atoms with Crippen molar-refractivity contribution in [1.29, 1.82) is 0 Å². The van der Waals surface area contributed by atoms with Crippen LogP contribution in [0.2, 0.25) is 0 Å². The van der Waals surface area contributed by atoms with Gasteiger partial charge in [-0.2, -0.15) is 0 Å². The molecule has 0 fully saturated rings. The van der Waals surface area contributed by atoms with Gasteiger partial charge in [-0.15, -0.1) is 0 Å². The Kier molecular flexibility index (Phi) is 4.63. The predicted molar refractivity (Wildman–Crippen MR) is 105 cm³/mol. The Morgan fingerprint density at radius 2 is 2.04 bits per heavy atom. The zero-order valence-electron chi connectivity index (χ0n) is 15.4. The molecule has 2 aromatic heterocycles. The van der Waals surface area contributed by atoms with Gasteiger partial charge >= 0.3 is 0 Å². The first-order valence-electron chi connectivity index (χ1n) is 8.20. The number of rotatable bonds is 4. The van der Waals surface area contributed by atoms with Crippen molar-refractivity contribution >= 4 is 45.1 Å². The average Bonchev–Trinajstić information content (AvgIpc) is 3.01. The molecule has 0 amide bonds. The highest BCUT2D eigenvalue weighted by molar-refractivity contribution is 6.20. The minimum atomic E-state index is -0.903. The third-order valence-corrected chi connectivity index (χ3v) is 4.37. The molecular weight excluding hydrogens is 336 g/mol. The fourth-order valence-electron chi connectivity index (χ4n) is 3.25. The minimum absolute atomic E-state index is 0.186. The molecule has 3 rings (SSSR count). The summed E-state index contributed by atoms with van der Waals surface area (Å²) in [6.45, 7) is 1.90. The number of halogens is 2. The fraction of sp³-hybridized carbons (Fsp3) is 0.263. The van der Waals surface area contributed by atoms with E-state index in [9.17, 15) is 8.78 Å². The summed E-state index contributed by atoms with van der Waals surface area (Å²) in [4.78, 5) is 13.5. The van der Waals surface area contributed by atoms with Crippen molar-refractivity contribution in [2.75, 3.05) is 38.4 Å². The molecule has 0 unspecified atom stereocenters. The monoisotopic (exact) mass is 357 g/mol.